The Morgan fingerprint density at radius 3 is 3.05 bits per heavy atom. The minimum Gasteiger partial charge on any atom is -0.399 e. The van der Waals surface area contributed by atoms with Crippen LogP contribution in [0.4, 0.5) is 5.69 Å². The minimum absolute atomic E-state index is 0.0572. The zero-order valence-electron chi connectivity index (χ0n) is 11.5. The van der Waals surface area contributed by atoms with Crippen molar-refractivity contribution >= 4 is 11.6 Å². The van der Waals surface area contributed by atoms with Gasteiger partial charge < -0.3 is 11.1 Å². The van der Waals surface area contributed by atoms with Crippen molar-refractivity contribution in [3.05, 3.63) is 47.3 Å². The molecule has 20 heavy (non-hydrogen) atoms. The summed E-state index contributed by atoms with van der Waals surface area (Å²) in [6.45, 7) is 0. The first kappa shape index (κ1) is 12.7. The number of amides is 1. The summed E-state index contributed by atoms with van der Waals surface area (Å²) in [5.41, 5.74) is 9.61. The lowest BCUT2D eigenvalue weighted by Gasteiger charge is -2.26. The first-order chi connectivity index (χ1) is 9.65. The average Bonchev–Trinajstić information content (AvgIpc) is 2.85. The van der Waals surface area contributed by atoms with E-state index >= 15 is 0 Å². The number of hydrogen-bond acceptors (Lipinski definition) is 3. The molecule has 1 aromatic carbocycles. The van der Waals surface area contributed by atoms with Gasteiger partial charge in [-0.25, -0.2) is 0 Å². The standard InChI is InChI=1S/C15H18N4O/c1-19-14(7-8-17-19)15(20)18-13-4-2-3-10-9-11(16)5-6-12(10)13/h5-9,13H,2-4,16H2,1H3,(H,18,20). The van der Waals surface area contributed by atoms with Crippen LogP contribution < -0.4 is 11.1 Å². The van der Waals surface area contributed by atoms with Crippen molar-refractivity contribution in [1.29, 1.82) is 0 Å². The van der Waals surface area contributed by atoms with Gasteiger partial charge in [0.25, 0.3) is 5.91 Å². The molecule has 3 rings (SSSR count). The van der Waals surface area contributed by atoms with Gasteiger partial charge in [0.15, 0.2) is 0 Å². The Balaban J connectivity index is 1.83. The van der Waals surface area contributed by atoms with Crippen LogP contribution in [0, 0.1) is 0 Å². The summed E-state index contributed by atoms with van der Waals surface area (Å²) in [4.78, 5) is 12.3. The third-order valence-corrected chi connectivity index (χ3v) is 3.84. The second-order valence-electron chi connectivity index (χ2n) is 5.22. The van der Waals surface area contributed by atoms with Crippen LogP contribution in [-0.4, -0.2) is 15.7 Å². The number of anilines is 1. The highest BCUT2D eigenvalue weighted by Crippen LogP contribution is 2.31. The van der Waals surface area contributed by atoms with E-state index in [0.29, 0.717) is 5.69 Å². The average molecular weight is 270 g/mol. The summed E-state index contributed by atoms with van der Waals surface area (Å²) in [6, 6.07) is 7.72. The van der Waals surface area contributed by atoms with E-state index in [9.17, 15) is 4.79 Å². The van der Waals surface area contributed by atoms with Crippen LogP contribution in [0.3, 0.4) is 0 Å². The van der Waals surface area contributed by atoms with E-state index in [4.69, 9.17) is 5.73 Å². The number of nitrogens with one attached hydrogen (secondary N) is 1. The Morgan fingerprint density at radius 1 is 1.45 bits per heavy atom. The number of benzene rings is 1. The summed E-state index contributed by atoms with van der Waals surface area (Å²) in [6.07, 6.45) is 4.68. The molecule has 5 nitrogen and oxygen atoms in total. The largest absolute Gasteiger partial charge is 0.399 e. The normalized spacial score (nSPS) is 17.6. The van der Waals surface area contributed by atoms with Crippen LogP contribution >= 0.6 is 0 Å². The van der Waals surface area contributed by atoms with Gasteiger partial charge in [0.1, 0.15) is 5.69 Å². The molecule has 5 heteroatoms. The molecule has 104 valence electrons. The second kappa shape index (κ2) is 5.00. The number of nitrogens with two attached hydrogens (primary N) is 1. The number of hydrogen-bond donors (Lipinski definition) is 2. The maximum atomic E-state index is 12.3. The molecule has 1 aliphatic carbocycles. The number of rotatable bonds is 2. The molecule has 1 amide bonds. The smallest absolute Gasteiger partial charge is 0.270 e. The predicted octanol–water partition coefficient (Wildman–Crippen LogP) is 1.81. The van der Waals surface area contributed by atoms with Gasteiger partial charge in [-0.2, -0.15) is 5.10 Å². The molecule has 3 N–H and O–H groups in total. The molecule has 0 saturated carbocycles. The Morgan fingerprint density at radius 2 is 2.30 bits per heavy atom. The van der Waals surface area contributed by atoms with Crippen LogP contribution in [0.25, 0.3) is 0 Å². The number of carbonyl (C=O) groups is 1. The molecule has 0 radical (unpaired) electrons. The van der Waals surface area contributed by atoms with E-state index in [-0.39, 0.29) is 11.9 Å². The van der Waals surface area contributed by atoms with E-state index < -0.39 is 0 Å². The molecule has 0 fully saturated rings. The van der Waals surface area contributed by atoms with Crippen molar-refractivity contribution < 1.29 is 4.79 Å². The molecule has 0 bridgehead atoms. The highest BCUT2D eigenvalue weighted by atomic mass is 16.2. The van der Waals surface area contributed by atoms with Crippen molar-refractivity contribution in [3.63, 3.8) is 0 Å². The predicted molar refractivity (Wildman–Crippen MR) is 77.2 cm³/mol. The first-order valence-corrected chi connectivity index (χ1v) is 6.82. The first-order valence-electron chi connectivity index (χ1n) is 6.82. The molecule has 0 saturated heterocycles. The molecule has 1 aromatic heterocycles. The summed E-state index contributed by atoms with van der Waals surface area (Å²) >= 11 is 0. The summed E-state index contributed by atoms with van der Waals surface area (Å²) in [7, 11) is 1.77. The fourth-order valence-corrected chi connectivity index (χ4v) is 2.81. The molecule has 0 spiro atoms. The van der Waals surface area contributed by atoms with Gasteiger partial charge in [-0.3, -0.25) is 9.48 Å². The maximum Gasteiger partial charge on any atom is 0.270 e. The minimum atomic E-state index is -0.0836. The van der Waals surface area contributed by atoms with Crippen molar-refractivity contribution in [2.75, 3.05) is 5.73 Å². The third kappa shape index (κ3) is 2.27. The SMILES string of the molecule is Cn1nccc1C(=O)NC1CCCc2cc(N)ccc21. The van der Waals surface area contributed by atoms with Gasteiger partial charge in [-0.05, 0) is 48.6 Å². The van der Waals surface area contributed by atoms with Gasteiger partial charge in [0, 0.05) is 18.9 Å². The van der Waals surface area contributed by atoms with Gasteiger partial charge >= 0.3 is 0 Å². The third-order valence-electron chi connectivity index (χ3n) is 3.84. The zero-order valence-corrected chi connectivity index (χ0v) is 11.5. The quantitative estimate of drug-likeness (QED) is 0.817. The van der Waals surface area contributed by atoms with E-state index in [1.807, 2.05) is 18.2 Å². The second-order valence-corrected chi connectivity index (χ2v) is 5.22. The number of fused-ring (bicyclic) bond motifs is 1. The number of nitrogens with zero attached hydrogens (tertiary/aromatic N) is 2. The summed E-state index contributed by atoms with van der Waals surface area (Å²) < 4.78 is 1.59. The summed E-state index contributed by atoms with van der Waals surface area (Å²) in [5.74, 6) is -0.0836. The van der Waals surface area contributed by atoms with Crippen molar-refractivity contribution in [3.8, 4) is 0 Å². The highest BCUT2D eigenvalue weighted by molar-refractivity contribution is 5.92. The fourth-order valence-electron chi connectivity index (χ4n) is 2.81. The van der Waals surface area contributed by atoms with E-state index in [2.05, 4.69) is 10.4 Å². The van der Waals surface area contributed by atoms with Crippen LogP contribution in [0.1, 0.15) is 40.5 Å². The molecule has 1 unspecified atom stereocenters. The zero-order chi connectivity index (χ0) is 14.1. The Kier molecular flexibility index (Phi) is 3.18. The van der Waals surface area contributed by atoms with Crippen molar-refractivity contribution in [2.45, 2.75) is 25.3 Å². The molecule has 1 heterocycles. The lowest BCUT2D eigenvalue weighted by Crippen LogP contribution is -2.32. The Labute approximate surface area is 117 Å². The van der Waals surface area contributed by atoms with Crippen LogP contribution in [-0.2, 0) is 13.5 Å². The molecular formula is C15H18N4O. The fraction of sp³-hybridized carbons (Fsp3) is 0.333. The van der Waals surface area contributed by atoms with Crippen molar-refractivity contribution in [2.24, 2.45) is 7.05 Å². The van der Waals surface area contributed by atoms with Gasteiger partial charge in [0.2, 0.25) is 0 Å². The lowest BCUT2D eigenvalue weighted by molar-refractivity contribution is 0.0923. The topological polar surface area (TPSA) is 72.9 Å². The molecule has 0 aliphatic heterocycles. The van der Waals surface area contributed by atoms with E-state index in [0.717, 1.165) is 24.9 Å². The van der Waals surface area contributed by atoms with Crippen molar-refractivity contribution in [1.82, 2.24) is 15.1 Å². The molecule has 1 atom stereocenters. The Hall–Kier alpha value is -2.30. The maximum absolute atomic E-state index is 12.3. The molecular weight excluding hydrogens is 252 g/mol. The van der Waals surface area contributed by atoms with Crippen LogP contribution in [0.2, 0.25) is 0 Å². The lowest BCUT2D eigenvalue weighted by atomic mass is 9.87. The Bertz CT molecular complexity index is 647. The molecule has 1 aliphatic rings. The molecule has 2 aromatic rings. The van der Waals surface area contributed by atoms with Gasteiger partial charge in [-0.15, -0.1) is 0 Å². The van der Waals surface area contributed by atoms with Gasteiger partial charge in [0.05, 0.1) is 6.04 Å². The summed E-state index contributed by atoms with van der Waals surface area (Å²) in [5, 5.41) is 7.12. The van der Waals surface area contributed by atoms with E-state index in [1.165, 1.54) is 11.1 Å². The van der Waals surface area contributed by atoms with Crippen LogP contribution in [0.5, 0.6) is 0 Å². The number of carbonyl (C=O) groups excluding carboxylic acids is 1. The highest BCUT2D eigenvalue weighted by Gasteiger charge is 2.23. The monoisotopic (exact) mass is 270 g/mol. The van der Waals surface area contributed by atoms with Crippen LogP contribution in [0.15, 0.2) is 30.5 Å². The van der Waals surface area contributed by atoms with E-state index in [1.54, 1.807) is 24.0 Å². The number of nitrogen functional groups attached to an aromatic ring is 1. The van der Waals surface area contributed by atoms with Gasteiger partial charge in [-0.1, -0.05) is 6.07 Å². The number of aryl methyl sites for hydroxylation is 2. The number of aromatic nitrogens is 2.